The van der Waals surface area contributed by atoms with E-state index in [0.717, 1.165) is 18.7 Å². The van der Waals surface area contributed by atoms with Gasteiger partial charge in [0.1, 0.15) is 0 Å². The third kappa shape index (κ3) is 4.43. The maximum atomic E-state index is 5.66. The van der Waals surface area contributed by atoms with Crippen LogP contribution in [0.5, 0.6) is 0 Å². The lowest BCUT2D eigenvalue weighted by Crippen LogP contribution is -2.40. The van der Waals surface area contributed by atoms with Gasteiger partial charge in [-0.05, 0) is 17.7 Å². The summed E-state index contributed by atoms with van der Waals surface area (Å²) in [6, 6.07) is 19.6. The number of benzene rings is 2. The van der Waals surface area contributed by atoms with Crippen LogP contribution in [0, 0.1) is 0 Å². The molecular weight excluding hydrogens is 261 g/mol. The molecule has 0 aliphatic heterocycles. The molecule has 2 aromatic carbocycles. The summed E-state index contributed by atoms with van der Waals surface area (Å²) in [6.07, 6.45) is 1.09. The molecule has 0 aliphatic rings. The zero-order valence-electron chi connectivity index (χ0n) is 11.4. The van der Waals surface area contributed by atoms with Crippen LogP contribution in [-0.2, 0) is 6.42 Å². The van der Waals surface area contributed by atoms with Crippen molar-refractivity contribution in [2.75, 3.05) is 12.3 Å². The fourth-order valence-corrected chi connectivity index (χ4v) is 3.20. The molecule has 2 rings (SSSR count). The van der Waals surface area contributed by atoms with Gasteiger partial charge in [-0.3, -0.25) is 0 Å². The summed E-state index contributed by atoms with van der Waals surface area (Å²) in [6.45, 7) is 2.91. The van der Waals surface area contributed by atoms with Crippen molar-refractivity contribution < 1.29 is 0 Å². The van der Waals surface area contributed by atoms with E-state index in [9.17, 15) is 0 Å². The number of nitrogens with two attached hydrogens (primary N) is 1. The standard InChI is InChI=1S/C16H20BNS.CH4/c1-2-14-8-10-16(11-9-14)17(19-13-12-18)15-6-4-3-5-7-15;/h3-11H,2,12-13,18H2,1H3;1H4. The van der Waals surface area contributed by atoms with Gasteiger partial charge in [0, 0.05) is 6.54 Å². The van der Waals surface area contributed by atoms with Gasteiger partial charge < -0.3 is 5.73 Å². The molecule has 0 saturated carbocycles. The minimum Gasteiger partial charge on any atom is -0.330 e. The molecule has 20 heavy (non-hydrogen) atoms. The van der Waals surface area contributed by atoms with Crippen molar-refractivity contribution in [3.63, 3.8) is 0 Å². The summed E-state index contributed by atoms with van der Waals surface area (Å²) in [5.41, 5.74) is 9.76. The topological polar surface area (TPSA) is 26.0 Å². The van der Waals surface area contributed by atoms with Crippen LogP contribution >= 0.6 is 11.6 Å². The van der Waals surface area contributed by atoms with Gasteiger partial charge in [-0.2, -0.15) is 11.6 Å². The van der Waals surface area contributed by atoms with Crippen molar-refractivity contribution in [2.45, 2.75) is 20.8 Å². The quantitative estimate of drug-likeness (QED) is 0.826. The summed E-state index contributed by atoms with van der Waals surface area (Å²) in [4.78, 5) is 0. The first-order valence-electron chi connectivity index (χ1n) is 6.80. The van der Waals surface area contributed by atoms with Crippen LogP contribution in [0.15, 0.2) is 54.6 Å². The summed E-state index contributed by atoms with van der Waals surface area (Å²) in [5, 5.41) is 0. The van der Waals surface area contributed by atoms with E-state index >= 15 is 0 Å². The monoisotopic (exact) mass is 285 g/mol. The molecule has 0 radical (unpaired) electrons. The second kappa shape index (κ2) is 8.88. The molecule has 2 N–H and O–H groups in total. The zero-order chi connectivity index (χ0) is 13.5. The third-order valence-corrected chi connectivity index (χ3v) is 4.54. The van der Waals surface area contributed by atoms with Gasteiger partial charge >= 0.3 is 0 Å². The van der Waals surface area contributed by atoms with Crippen LogP contribution in [0.2, 0.25) is 0 Å². The van der Waals surface area contributed by atoms with Gasteiger partial charge in [0.25, 0.3) is 5.99 Å². The first kappa shape index (κ1) is 16.9. The van der Waals surface area contributed by atoms with Gasteiger partial charge in [-0.25, -0.2) is 0 Å². The molecule has 0 spiro atoms. The molecule has 2 aromatic rings. The van der Waals surface area contributed by atoms with E-state index in [1.165, 1.54) is 16.5 Å². The Morgan fingerprint density at radius 1 is 0.950 bits per heavy atom. The normalized spacial score (nSPS) is 9.90. The van der Waals surface area contributed by atoms with E-state index in [1.807, 2.05) is 11.6 Å². The minimum absolute atomic E-state index is 0. The maximum absolute atomic E-state index is 5.66. The second-order valence-electron chi connectivity index (χ2n) is 4.55. The van der Waals surface area contributed by atoms with Crippen molar-refractivity contribution >= 4 is 28.5 Å². The molecule has 0 bridgehead atoms. The fraction of sp³-hybridized carbons (Fsp3) is 0.294. The maximum Gasteiger partial charge on any atom is 0.274 e. The first-order chi connectivity index (χ1) is 9.35. The number of aryl methyl sites for hydroxylation is 1. The number of hydrogen-bond donors (Lipinski definition) is 1. The molecule has 0 unspecified atom stereocenters. The van der Waals surface area contributed by atoms with Gasteiger partial charge in [0.2, 0.25) is 0 Å². The van der Waals surface area contributed by atoms with Crippen LogP contribution in [-0.4, -0.2) is 18.3 Å². The Bertz CT molecular complexity index is 484. The zero-order valence-corrected chi connectivity index (χ0v) is 12.2. The molecular formula is C17H24BNS. The van der Waals surface area contributed by atoms with E-state index in [2.05, 4.69) is 61.5 Å². The smallest absolute Gasteiger partial charge is 0.274 e. The minimum atomic E-state index is 0. The van der Waals surface area contributed by atoms with E-state index in [1.54, 1.807) is 0 Å². The highest BCUT2D eigenvalue weighted by molar-refractivity contribution is 8.28. The van der Waals surface area contributed by atoms with Crippen molar-refractivity contribution in [2.24, 2.45) is 5.73 Å². The lowest BCUT2D eigenvalue weighted by Gasteiger charge is -2.14. The highest BCUT2D eigenvalue weighted by Crippen LogP contribution is 2.08. The Balaban J connectivity index is 0.00000200. The average molecular weight is 285 g/mol. The van der Waals surface area contributed by atoms with Crippen LogP contribution in [0.3, 0.4) is 0 Å². The van der Waals surface area contributed by atoms with Crippen molar-refractivity contribution in [1.29, 1.82) is 0 Å². The second-order valence-corrected chi connectivity index (χ2v) is 5.76. The van der Waals surface area contributed by atoms with Crippen molar-refractivity contribution in [1.82, 2.24) is 0 Å². The molecule has 3 heteroatoms. The predicted molar refractivity (Wildman–Crippen MR) is 95.5 cm³/mol. The molecule has 0 aliphatic carbocycles. The first-order valence-corrected chi connectivity index (χ1v) is 7.85. The Labute approximate surface area is 128 Å². The highest BCUT2D eigenvalue weighted by Gasteiger charge is 2.19. The highest BCUT2D eigenvalue weighted by atomic mass is 32.2. The van der Waals surface area contributed by atoms with Gasteiger partial charge in [0.05, 0.1) is 0 Å². The van der Waals surface area contributed by atoms with E-state index < -0.39 is 0 Å². The van der Waals surface area contributed by atoms with Gasteiger partial charge in [-0.15, -0.1) is 0 Å². The molecule has 0 aromatic heterocycles. The van der Waals surface area contributed by atoms with Crippen molar-refractivity contribution in [3.05, 3.63) is 60.2 Å². The van der Waals surface area contributed by atoms with E-state index in [4.69, 9.17) is 5.73 Å². The molecule has 106 valence electrons. The fourth-order valence-electron chi connectivity index (χ4n) is 2.13. The molecule has 0 amide bonds. The lowest BCUT2D eigenvalue weighted by atomic mass is 9.62. The summed E-state index contributed by atoms with van der Waals surface area (Å²) < 4.78 is 0. The van der Waals surface area contributed by atoms with Gasteiger partial charge in [-0.1, -0.05) is 79.9 Å². The van der Waals surface area contributed by atoms with E-state index in [-0.39, 0.29) is 7.43 Å². The number of hydrogen-bond acceptors (Lipinski definition) is 2. The Morgan fingerprint density at radius 2 is 1.55 bits per heavy atom. The predicted octanol–water partition coefficient (Wildman–Crippen LogP) is 2.68. The lowest BCUT2D eigenvalue weighted by molar-refractivity contribution is 1.14. The van der Waals surface area contributed by atoms with Gasteiger partial charge in [0.15, 0.2) is 0 Å². The SMILES string of the molecule is C.CCc1ccc(B(SCCN)c2ccccc2)cc1. The Hall–Kier alpha value is -1.19. The summed E-state index contributed by atoms with van der Waals surface area (Å²) in [7, 11) is 0. The van der Waals surface area contributed by atoms with Crippen molar-refractivity contribution in [3.8, 4) is 0 Å². The molecule has 0 saturated heterocycles. The van der Waals surface area contributed by atoms with Crippen LogP contribution < -0.4 is 16.7 Å². The van der Waals surface area contributed by atoms with E-state index in [0.29, 0.717) is 5.99 Å². The Kier molecular flexibility index (Phi) is 7.49. The Morgan fingerprint density at radius 3 is 2.10 bits per heavy atom. The summed E-state index contributed by atoms with van der Waals surface area (Å²) >= 11 is 1.92. The molecule has 1 nitrogen and oxygen atoms in total. The number of rotatable bonds is 6. The van der Waals surface area contributed by atoms with Crippen LogP contribution in [0.1, 0.15) is 19.9 Å². The third-order valence-electron chi connectivity index (χ3n) is 3.20. The van der Waals surface area contributed by atoms with Crippen LogP contribution in [0.25, 0.3) is 0 Å². The largest absolute Gasteiger partial charge is 0.330 e. The molecule has 0 atom stereocenters. The average Bonchev–Trinajstić information content (AvgIpc) is 2.49. The summed E-state index contributed by atoms with van der Waals surface area (Å²) in [5.74, 6) is 1.37. The molecule has 0 fully saturated rings. The van der Waals surface area contributed by atoms with Crippen LogP contribution in [0.4, 0.5) is 0 Å². The molecule has 0 heterocycles.